The van der Waals surface area contributed by atoms with Crippen molar-refractivity contribution in [2.75, 3.05) is 6.61 Å². The molecule has 0 aromatic rings. The predicted octanol–water partition coefficient (Wildman–Crippen LogP) is 3.38. The van der Waals surface area contributed by atoms with E-state index in [1.54, 1.807) is 0 Å². The van der Waals surface area contributed by atoms with Crippen LogP contribution in [0.2, 0.25) is 0 Å². The van der Waals surface area contributed by atoms with Gasteiger partial charge in [-0.25, -0.2) is 0 Å². The summed E-state index contributed by atoms with van der Waals surface area (Å²) < 4.78 is 11.5. The zero-order valence-electron chi connectivity index (χ0n) is 28.1. The van der Waals surface area contributed by atoms with Crippen LogP contribution in [-0.4, -0.2) is 86.1 Å². The van der Waals surface area contributed by atoms with Crippen LogP contribution in [0, 0.1) is 44.8 Å². The van der Waals surface area contributed by atoms with Gasteiger partial charge in [0.15, 0.2) is 0 Å². The first kappa shape index (κ1) is 33.6. The molecule has 0 unspecified atom stereocenters. The zero-order valence-corrected chi connectivity index (χ0v) is 28.1. The van der Waals surface area contributed by atoms with Crippen molar-refractivity contribution in [2.45, 2.75) is 143 Å². The fourth-order valence-electron chi connectivity index (χ4n) is 11.9. The van der Waals surface area contributed by atoms with Gasteiger partial charge in [0, 0.05) is 5.92 Å². The van der Waals surface area contributed by atoms with Crippen LogP contribution in [0.25, 0.3) is 0 Å². The molecule has 0 amide bonds. The maximum Gasteiger partial charge on any atom is 0.315 e. The molecule has 254 valence electrons. The Morgan fingerprint density at radius 3 is 2.29 bits per heavy atom. The van der Waals surface area contributed by atoms with Crippen LogP contribution in [0.3, 0.4) is 0 Å². The molecular weight excluding hydrogens is 576 g/mol. The highest BCUT2D eigenvalue weighted by molar-refractivity contribution is 5.80. The lowest BCUT2D eigenvalue weighted by molar-refractivity contribution is -0.296. The first-order valence-electron chi connectivity index (χ1n) is 17.1. The monoisotopic (exact) mass is 632 g/mol. The maximum absolute atomic E-state index is 14.4. The van der Waals surface area contributed by atoms with Gasteiger partial charge in [-0.15, -0.1) is 0 Å². The molecule has 0 bridgehead atoms. The van der Waals surface area contributed by atoms with Crippen molar-refractivity contribution < 1.29 is 44.9 Å². The van der Waals surface area contributed by atoms with Gasteiger partial charge in [-0.3, -0.25) is 4.79 Å². The number of esters is 1. The Morgan fingerprint density at radius 1 is 0.933 bits per heavy atom. The highest BCUT2D eigenvalue weighted by atomic mass is 16.7. The van der Waals surface area contributed by atoms with Crippen molar-refractivity contribution in [2.24, 2.45) is 44.8 Å². The standard InChI is InChI=1S/C36H56O9/c1-18-10-13-36(31(43)45-30-28(41)27(40)26(39)22(17-37)44-30)15-14-34(6)20(25(36)19(18)2)8-9-24-33(5)16-21(38)29(42)32(3,4)23(33)11-12-35(24,34)7/h8,21-30,37-42H,9-17H2,1-7H3/t21-,22-,23+,24-,25+,26-,27+,28-,29+,30+,33+,34-,35-,36+/m1/s1. The van der Waals surface area contributed by atoms with Crippen molar-refractivity contribution in [1.29, 1.82) is 0 Å². The van der Waals surface area contributed by atoms with Gasteiger partial charge in [0.05, 0.1) is 24.2 Å². The Labute approximate surface area is 267 Å². The highest BCUT2D eigenvalue weighted by Gasteiger charge is 2.70. The van der Waals surface area contributed by atoms with Gasteiger partial charge in [0.25, 0.3) is 0 Å². The summed E-state index contributed by atoms with van der Waals surface area (Å²) in [5, 5.41) is 63.2. The summed E-state index contributed by atoms with van der Waals surface area (Å²) in [7, 11) is 0. The third-order valence-corrected chi connectivity index (χ3v) is 14.9. The molecule has 6 N–H and O–H groups in total. The highest BCUT2D eigenvalue weighted by Crippen LogP contribution is 2.75. The van der Waals surface area contributed by atoms with Crippen molar-refractivity contribution in [3.05, 3.63) is 22.8 Å². The lowest BCUT2D eigenvalue weighted by atomic mass is 9.33. The fraction of sp³-hybridized carbons (Fsp3) is 0.861. The first-order chi connectivity index (χ1) is 20.9. The molecule has 9 heteroatoms. The molecule has 1 aliphatic heterocycles. The number of hydrogen-bond acceptors (Lipinski definition) is 9. The van der Waals surface area contributed by atoms with Crippen molar-refractivity contribution >= 4 is 5.97 Å². The third kappa shape index (κ3) is 4.40. The summed E-state index contributed by atoms with van der Waals surface area (Å²) in [4.78, 5) is 14.4. The SMILES string of the molecule is CC1=C(C)[C@H]2C3=CC[C@@H]4[C@@]5(C)C[C@@H](O)[C@H](O)C(C)(C)[C@@H]5CC[C@@]4(C)[C@]3(C)CC[C@@]2(C(=O)O[C@@H]2O[C@H](CO)[C@@H](O)[C@H](O)[C@H]2O)CC1. The molecule has 0 aromatic heterocycles. The van der Waals surface area contributed by atoms with Crippen LogP contribution in [0.5, 0.6) is 0 Å². The smallest absolute Gasteiger partial charge is 0.315 e. The van der Waals surface area contributed by atoms with Gasteiger partial charge < -0.3 is 40.1 Å². The summed E-state index contributed by atoms with van der Waals surface area (Å²) in [6.45, 7) is 15.1. The predicted molar refractivity (Wildman–Crippen MR) is 166 cm³/mol. The second-order valence-electron chi connectivity index (χ2n) is 17.0. The second-order valence-corrected chi connectivity index (χ2v) is 17.0. The topological polar surface area (TPSA) is 157 Å². The molecule has 9 nitrogen and oxygen atoms in total. The van der Waals surface area contributed by atoms with Crippen LogP contribution in [0.1, 0.15) is 99.8 Å². The van der Waals surface area contributed by atoms with Gasteiger partial charge in [-0.1, -0.05) is 57.4 Å². The van der Waals surface area contributed by atoms with E-state index in [-0.39, 0.29) is 28.1 Å². The molecule has 1 saturated heterocycles. The van der Waals surface area contributed by atoms with Crippen LogP contribution < -0.4 is 0 Å². The normalized spacial score (nSPS) is 52.5. The molecule has 4 fully saturated rings. The van der Waals surface area contributed by atoms with E-state index >= 15 is 0 Å². The van der Waals surface area contributed by atoms with E-state index in [4.69, 9.17) is 9.47 Å². The van der Waals surface area contributed by atoms with Gasteiger partial charge in [-0.05, 0) is 98.7 Å². The summed E-state index contributed by atoms with van der Waals surface area (Å²) in [5.41, 5.74) is 2.04. The molecule has 1 heterocycles. The number of aliphatic hydroxyl groups is 6. The zero-order chi connectivity index (χ0) is 33.1. The number of rotatable bonds is 3. The lowest BCUT2D eigenvalue weighted by Gasteiger charge is -2.71. The summed E-state index contributed by atoms with van der Waals surface area (Å²) in [6.07, 6.45) is -0.404. The average Bonchev–Trinajstić information content (AvgIpc) is 2.98. The molecule has 3 saturated carbocycles. The van der Waals surface area contributed by atoms with E-state index in [1.807, 2.05) is 0 Å². The first-order valence-corrected chi connectivity index (χ1v) is 17.1. The quantitative estimate of drug-likeness (QED) is 0.203. The third-order valence-electron chi connectivity index (χ3n) is 14.9. The molecular formula is C36H56O9. The van der Waals surface area contributed by atoms with Crippen LogP contribution in [0.4, 0.5) is 0 Å². The number of carbonyl (C=O) groups is 1. The fourth-order valence-corrected chi connectivity index (χ4v) is 11.9. The van der Waals surface area contributed by atoms with Crippen molar-refractivity contribution in [3.63, 3.8) is 0 Å². The van der Waals surface area contributed by atoms with Gasteiger partial charge in [0.1, 0.15) is 24.4 Å². The average molecular weight is 633 g/mol. The Morgan fingerprint density at radius 2 is 1.62 bits per heavy atom. The van der Waals surface area contributed by atoms with E-state index in [9.17, 15) is 35.4 Å². The Hall–Kier alpha value is -1.33. The van der Waals surface area contributed by atoms with E-state index in [0.717, 1.165) is 32.1 Å². The van der Waals surface area contributed by atoms with E-state index in [0.29, 0.717) is 25.2 Å². The Bertz CT molecular complexity index is 1270. The molecule has 0 radical (unpaired) electrons. The molecule has 45 heavy (non-hydrogen) atoms. The van der Waals surface area contributed by atoms with Crippen molar-refractivity contribution in [3.8, 4) is 0 Å². The maximum atomic E-state index is 14.4. The summed E-state index contributed by atoms with van der Waals surface area (Å²) in [6, 6.07) is 0. The van der Waals surface area contributed by atoms with E-state index in [2.05, 4.69) is 54.5 Å². The lowest BCUT2D eigenvalue weighted by Crippen LogP contribution is -2.67. The molecule has 6 rings (SSSR count). The molecule has 0 spiro atoms. The Balaban J connectivity index is 1.38. The number of aliphatic hydroxyl groups excluding tert-OH is 6. The second kappa shape index (κ2) is 10.8. The molecule has 0 aromatic carbocycles. The molecule has 14 atom stereocenters. The van der Waals surface area contributed by atoms with Gasteiger partial charge >= 0.3 is 5.97 Å². The van der Waals surface area contributed by atoms with Gasteiger partial charge in [0.2, 0.25) is 6.29 Å². The number of ether oxygens (including phenoxy) is 2. The molecule has 6 aliphatic rings. The van der Waals surface area contributed by atoms with Crippen molar-refractivity contribution in [1.82, 2.24) is 0 Å². The van der Waals surface area contributed by atoms with Crippen LogP contribution in [-0.2, 0) is 14.3 Å². The van der Waals surface area contributed by atoms with E-state index in [1.165, 1.54) is 16.7 Å². The minimum Gasteiger partial charge on any atom is -0.432 e. The molecule has 5 aliphatic carbocycles. The van der Waals surface area contributed by atoms with E-state index < -0.39 is 66.3 Å². The Kier molecular flexibility index (Phi) is 8.09. The van der Waals surface area contributed by atoms with Gasteiger partial charge in [-0.2, -0.15) is 0 Å². The summed E-state index contributed by atoms with van der Waals surface area (Å²) in [5.74, 6) is -0.0575. The number of allylic oxidation sites excluding steroid dienone is 4. The van der Waals surface area contributed by atoms with Crippen LogP contribution in [0.15, 0.2) is 22.8 Å². The number of fused-ring (bicyclic) bond motifs is 7. The number of hydrogen-bond donors (Lipinski definition) is 6. The minimum atomic E-state index is -1.64. The number of carbonyl (C=O) groups excluding carboxylic acids is 1. The minimum absolute atomic E-state index is 0.0839. The largest absolute Gasteiger partial charge is 0.432 e. The summed E-state index contributed by atoms with van der Waals surface area (Å²) >= 11 is 0. The van der Waals surface area contributed by atoms with Crippen LogP contribution >= 0.6 is 0 Å².